The molecule has 0 saturated heterocycles. The van der Waals surface area contributed by atoms with E-state index in [0.717, 1.165) is 5.56 Å². The number of carbonyl (C=O) groups excluding carboxylic acids is 3. The summed E-state index contributed by atoms with van der Waals surface area (Å²) >= 11 is 0. The summed E-state index contributed by atoms with van der Waals surface area (Å²) in [4.78, 5) is 37.3. The number of benzene rings is 2. The van der Waals surface area contributed by atoms with E-state index in [2.05, 4.69) is 16.0 Å². The first kappa shape index (κ1) is 22.0. The average Bonchev–Trinajstić information content (AvgIpc) is 2.76. The molecule has 0 saturated carbocycles. The first-order chi connectivity index (χ1) is 14.9. The highest BCUT2D eigenvalue weighted by Crippen LogP contribution is 2.19. The minimum Gasteiger partial charge on any atom is -0.445 e. The highest BCUT2D eigenvalue weighted by atomic mass is 19.1. The molecule has 0 radical (unpaired) electrons. The molecular formula is C23H24FN3O4. The van der Waals surface area contributed by atoms with Crippen molar-refractivity contribution >= 4 is 23.6 Å². The Morgan fingerprint density at radius 3 is 2.71 bits per heavy atom. The highest BCUT2D eigenvalue weighted by molar-refractivity contribution is 5.94. The molecule has 1 heterocycles. The van der Waals surface area contributed by atoms with E-state index < -0.39 is 29.8 Å². The zero-order valence-corrected chi connectivity index (χ0v) is 17.1. The second-order valence-electron chi connectivity index (χ2n) is 7.22. The van der Waals surface area contributed by atoms with Gasteiger partial charge in [-0.15, -0.1) is 0 Å². The van der Waals surface area contributed by atoms with Gasteiger partial charge in [0.25, 0.3) is 0 Å². The number of alkyl carbamates (subject to hydrolysis) is 1. The van der Waals surface area contributed by atoms with Crippen molar-refractivity contribution in [2.75, 3.05) is 5.32 Å². The fourth-order valence-corrected chi connectivity index (χ4v) is 3.03. The lowest BCUT2D eigenvalue weighted by Crippen LogP contribution is -2.46. The van der Waals surface area contributed by atoms with E-state index in [9.17, 15) is 18.8 Å². The molecule has 3 rings (SSSR count). The van der Waals surface area contributed by atoms with E-state index in [-0.39, 0.29) is 25.5 Å². The van der Waals surface area contributed by atoms with Gasteiger partial charge >= 0.3 is 6.09 Å². The van der Waals surface area contributed by atoms with Crippen LogP contribution in [0.25, 0.3) is 0 Å². The van der Waals surface area contributed by atoms with Crippen LogP contribution in [0.3, 0.4) is 0 Å². The number of rotatable bonds is 3. The van der Waals surface area contributed by atoms with Crippen molar-refractivity contribution in [2.45, 2.75) is 32.5 Å². The molecule has 2 aromatic rings. The van der Waals surface area contributed by atoms with Gasteiger partial charge in [0.05, 0.1) is 5.92 Å². The van der Waals surface area contributed by atoms with Crippen LogP contribution in [-0.2, 0) is 27.5 Å². The average molecular weight is 425 g/mol. The first-order valence-corrected chi connectivity index (χ1v) is 9.93. The Morgan fingerprint density at radius 1 is 1.16 bits per heavy atom. The summed E-state index contributed by atoms with van der Waals surface area (Å²) in [5.41, 5.74) is 1.65. The largest absolute Gasteiger partial charge is 0.445 e. The molecule has 31 heavy (non-hydrogen) atoms. The molecule has 0 fully saturated rings. The molecule has 0 spiro atoms. The van der Waals surface area contributed by atoms with Crippen molar-refractivity contribution in [2.24, 2.45) is 5.92 Å². The number of fused-ring (bicyclic) bond motifs is 1. The number of nitrogens with one attached hydrogen (secondary N) is 3. The number of hydrogen-bond donors (Lipinski definition) is 3. The van der Waals surface area contributed by atoms with Crippen molar-refractivity contribution < 1.29 is 23.5 Å². The lowest BCUT2D eigenvalue weighted by Gasteiger charge is -2.20. The van der Waals surface area contributed by atoms with E-state index in [4.69, 9.17) is 4.74 Å². The number of amides is 3. The third kappa shape index (κ3) is 6.40. The molecule has 0 aromatic heterocycles. The van der Waals surface area contributed by atoms with Gasteiger partial charge in [-0.25, -0.2) is 9.18 Å². The molecule has 2 atom stereocenters. The molecule has 3 amide bonds. The molecule has 162 valence electrons. The summed E-state index contributed by atoms with van der Waals surface area (Å²) in [5.74, 6) is -1.67. The normalized spacial score (nSPS) is 20.2. The third-order valence-corrected chi connectivity index (χ3v) is 4.81. The van der Waals surface area contributed by atoms with Crippen LogP contribution in [-0.4, -0.2) is 23.9 Å². The van der Waals surface area contributed by atoms with Crippen molar-refractivity contribution in [3.8, 4) is 0 Å². The van der Waals surface area contributed by atoms with Gasteiger partial charge in [-0.3, -0.25) is 9.59 Å². The fourth-order valence-electron chi connectivity index (χ4n) is 3.03. The standard InChI is InChI=1S/C23H24FN3O4/c1-15-6-5-9-20(27-23(30)31-14-16-7-3-2-4-8-16)22(29)25-13-17-12-18(24)10-11-19(17)26-21(15)28/h2-8,10-12,15,20H,9,13-14H2,1H3,(H,25,29)(H,26,28)(H,27,30)/b6-5-/t15-,20+/m1/s1. The lowest BCUT2D eigenvalue weighted by molar-refractivity contribution is -0.123. The van der Waals surface area contributed by atoms with Gasteiger partial charge < -0.3 is 20.7 Å². The Kier molecular flexibility index (Phi) is 7.37. The van der Waals surface area contributed by atoms with Crippen LogP contribution < -0.4 is 16.0 Å². The summed E-state index contributed by atoms with van der Waals surface area (Å²) < 4.78 is 18.9. The Balaban J connectivity index is 1.71. The van der Waals surface area contributed by atoms with Crippen molar-refractivity contribution in [3.63, 3.8) is 0 Å². The van der Waals surface area contributed by atoms with Crippen molar-refractivity contribution in [1.29, 1.82) is 0 Å². The Labute approximate surface area is 179 Å². The minimum atomic E-state index is -0.911. The summed E-state index contributed by atoms with van der Waals surface area (Å²) in [6.45, 7) is 1.76. The quantitative estimate of drug-likeness (QED) is 0.658. The predicted octanol–water partition coefficient (Wildman–Crippen LogP) is 3.27. The van der Waals surface area contributed by atoms with Crippen LogP contribution in [0.4, 0.5) is 14.9 Å². The van der Waals surface area contributed by atoms with Crippen LogP contribution in [0.1, 0.15) is 24.5 Å². The maximum Gasteiger partial charge on any atom is 0.408 e. The Morgan fingerprint density at radius 2 is 1.94 bits per heavy atom. The molecule has 2 aromatic carbocycles. The summed E-state index contributed by atoms with van der Waals surface area (Å²) in [6, 6.07) is 12.2. The number of anilines is 1. The second kappa shape index (κ2) is 10.4. The third-order valence-electron chi connectivity index (χ3n) is 4.81. The van der Waals surface area contributed by atoms with Crippen LogP contribution in [0, 0.1) is 11.7 Å². The van der Waals surface area contributed by atoms with Gasteiger partial charge in [-0.1, -0.05) is 49.4 Å². The topological polar surface area (TPSA) is 96.5 Å². The molecule has 0 bridgehead atoms. The highest BCUT2D eigenvalue weighted by Gasteiger charge is 2.22. The van der Waals surface area contributed by atoms with E-state index in [1.54, 1.807) is 19.1 Å². The van der Waals surface area contributed by atoms with Gasteiger partial charge in [0.15, 0.2) is 0 Å². The van der Waals surface area contributed by atoms with Crippen LogP contribution in [0.5, 0.6) is 0 Å². The minimum absolute atomic E-state index is 0.0124. The summed E-state index contributed by atoms with van der Waals surface area (Å²) in [7, 11) is 0. The first-order valence-electron chi connectivity index (χ1n) is 9.93. The molecular weight excluding hydrogens is 401 g/mol. The molecule has 0 unspecified atom stereocenters. The molecule has 1 aliphatic rings. The van der Waals surface area contributed by atoms with Gasteiger partial charge in [0, 0.05) is 12.2 Å². The van der Waals surface area contributed by atoms with Crippen molar-refractivity contribution in [3.05, 3.63) is 77.6 Å². The maximum absolute atomic E-state index is 13.7. The van der Waals surface area contributed by atoms with Gasteiger partial charge in [0.2, 0.25) is 11.8 Å². The van der Waals surface area contributed by atoms with E-state index in [1.807, 2.05) is 30.3 Å². The molecule has 7 nitrogen and oxygen atoms in total. The van der Waals surface area contributed by atoms with E-state index >= 15 is 0 Å². The van der Waals surface area contributed by atoms with Gasteiger partial charge in [-0.2, -0.15) is 0 Å². The molecule has 0 aliphatic carbocycles. The zero-order valence-electron chi connectivity index (χ0n) is 17.1. The van der Waals surface area contributed by atoms with Gasteiger partial charge in [0.1, 0.15) is 18.5 Å². The number of ether oxygens (including phenoxy) is 1. The number of carbonyl (C=O) groups is 3. The van der Waals surface area contributed by atoms with E-state index in [1.165, 1.54) is 18.2 Å². The van der Waals surface area contributed by atoms with Crippen LogP contribution in [0.2, 0.25) is 0 Å². The Bertz CT molecular complexity index is 978. The molecule has 1 aliphatic heterocycles. The van der Waals surface area contributed by atoms with Crippen LogP contribution >= 0.6 is 0 Å². The zero-order chi connectivity index (χ0) is 22.2. The summed E-state index contributed by atoms with van der Waals surface area (Å²) in [6.07, 6.45) is 2.75. The van der Waals surface area contributed by atoms with Crippen molar-refractivity contribution in [1.82, 2.24) is 10.6 Å². The van der Waals surface area contributed by atoms with Crippen LogP contribution in [0.15, 0.2) is 60.7 Å². The predicted molar refractivity (Wildman–Crippen MR) is 113 cm³/mol. The fraction of sp³-hybridized carbons (Fsp3) is 0.261. The number of halogens is 1. The van der Waals surface area contributed by atoms with Gasteiger partial charge in [-0.05, 0) is 35.7 Å². The second-order valence-corrected chi connectivity index (χ2v) is 7.22. The Hall–Kier alpha value is -3.68. The number of hydrogen-bond acceptors (Lipinski definition) is 4. The lowest BCUT2D eigenvalue weighted by atomic mass is 10.1. The summed E-state index contributed by atoms with van der Waals surface area (Å²) in [5, 5.41) is 7.98. The smallest absolute Gasteiger partial charge is 0.408 e. The SMILES string of the molecule is C[C@@H]1/C=C\C[C@H](NC(=O)OCc2ccccc2)C(=O)NCc2cc(F)ccc2NC1=O. The van der Waals surface area contributed by atoms with E-state index in [0.29, 0.717) is 11.3 Å². The molecule has 3 N–H and O–H groups in total. The molecule has 8 heteroatoms. The monoisotopic (exact) mass is 425 g/mol. The maximum atomic E-state index is 13.7.